The van der Waals surface area contributed by atoms with Crippen LogP contribution in [0.3, 0.4) is 0 Å². The maximum absolute atomic E-state index is 12.9. The number of Topliss-reactive ketones (excluding diaryl/α,β-unsaturated/α-hetero) is 1. The van der Waals surface area contributed by atoms with Gasteiger partial charge in [0.15, 0.2) is 0 Å². The van der Waals surface area contributed by atoms with Crippen LogP contribution in [0, 0.1) is 5.82 Å². The van der Waals surface area contributed by atoms with Crippen LogP contribution in [0.4, 0.5) is 4.39 Å². The van der Waals surface area contributed by atoms with Crippen molar-refractivity contribution in [3.8, 4) is 0 Å². The fourth-order valence-corrected chi connectivity index (χ4v) is 1.59. The molecule has 1 aromatic rings. The molecule has 114 valence electrons. The fraction of sp³-hybridized carbons (Fsp3) is 0.357. The Labute approximate surface area is 121 Å². The largest absolute Gasteiger partial charge is 0.464 e. The molecule has 0 saturated heterocycles. The molecule has 1 rings (SSSR count). The van der Waals surface area contributed by atoms with Crippen molar-refractivity contribution >= 4 is 17.7 Å². The van der Waals surface area contributed by atoms with Crippen molar-refractivity contribution < 1.29 is 28.2 Å². The first-order valence-electron chi connectivity index (χ1n) is 6.31. The van der Waals surface area contributed by atoms with E-state index in [0.717, 1.165) is 24.3 Å². The number of nitrogens with two attached hydrogens (primary N) is 1. The third kappa shape index (κ3) is 3.43. The van der Waals surface area contributed by atoms with Gasteiger partial charge in [-0.2, -0.15) is 0 Å². The number of esters is 2. The molecule has 0 radical (unpaired) electrons. The van der Waals surface area contributed by atoms with E-state index in [9.17, 15) is 18.8 Å². The van der Waals surface area contributed by atoms with Crippen molar-refractivity contribution in [1.82, 2.24) is 0 Å². The minimum absolute atomic E-state index is 0.0616. The molecular formula is C14H16FNO5. The summed E-state index contributed by atoms with van der Waals surface area (Å²) in [7, 11) is 0. The van der Waals surface area contributed by atoms with Gasteiger partial charge in [0.1, 0.15) is 5.82 Å². The number of carbonyl (C=O) groups is 3. The second kappa shape index (κ2) is 6.94. The molecule has 0 unspecified atom stereocenters. The average Bonchev–Trinajstić information content (AvgIpc) is 2.46. The van der Waals surface area contributed by atoms with E-state index in [4.69, 9.17) is 5.73 Å². The third-order valence-electron chi connectivity index (χ3n) is 2.66. The first-order chi connectivity index (χ1) is 9.87. The summed E-state index contributed by atoms with van der Waals surface area (Å²) in [4.78, 5) is 36.2. The van der Waals surface area contributed by atoms with Gasteiger partial charge in [-0.3, -0.25) is 10.5 Å². The van der Waals surface area contributed by atoms with E-state index in [-0.39, 0.29) is 18.8 Å². The normalized spacial score (nSPS) is 10.9. The van der Waals surface area contributed by atoms with Gasteiger partial charge < -0.3 is 9.47 Å². The van der Waals surface area contributed by atoms with Crippen molar-refractivity contribution in [2.45, 2.75) is 19.4 Å². The Morgan fingerprint density at radius 1 is 1.05 bits per heavy atom. The number of rotatable bonds is 6. The van der Waals surface area contributed by atoms with Crippen LogP contribution >= 0.6 is 0 Å². The topological polar surface area (TPSA) is 95.7 Å². The predicted octanol–water partition coefficient (Wildman–Crippen LogP) is 0.832. The number of carbonyl (C=O) groups excluding carboxylic acids is 3. The first kappa shape index (κ1) is 16.8. The summed E-state index contributed by atoms with van der Waals surface area (Å²) in [5, 5.41) is 0. The monoisotopic (exact) mass is 297 g/mol. The maximum Gasteiger partial charge on any atom is 0.346 e. The Hall–Kier alpha value is -2.28. The van der Waals surface area contributed by atoms with Crippen LogP contribution in [0.15, 0.2) is 24.3 Å². The molecule has 21 heavy (non-hydrogen) atoms. The van der Waals surface area contributed by atoms with Crippen molar-refractivity contribution in [2.24, 2.45) is 5.73 Å². The lowest BCUT2D eigenvalue weighted by molar-refractivity contribution is -0.160. The lowest BCUT2D eigenvalue weighted by Crippen LogP contribution is -2.62. The Kier molecular flexibility index (Phi) is 5.54. The van der Waals surface area contributed by atoms with Crippen LogP contribution in [-0.4, -0.2) is 36.5 Å². The van der Waals surface area contributed by atoms with Gasteiger partial charge in [-0.25, -0.2) is 14.0 Å². The summed E-state index contributed by atoms with van der Waals surface area (Å²) >= 11 is 0. The molecule has 6 nitrogen and oxygen atoms in total. The zero-order chi connectivity index (χ0) is 16.0. The van der Waals surface area contributed by atoms with Crippen molar-refractivity contribution in [1.29, 1.82) is 0 Å². The number of ketones is 1. The SMILES string of the molecule is CCOC(=O)C(N)(C(=O)OCC)C(=O)c1ccc(F)cc1. The van der Waals surface area contributed by atoms with Crippen molar-refractivity contribution in [2.75, 3.05) is 13.2 Å². The molecule has 0 atom stereocenters. The number of hydrogen-bond acceptors (Lipinski definition) is 6. The van der Waals surface area contributed by atoms with Gasteiger partial charge in [0.25, 0.3) is 5.54 Å². The Morgan fingerprint density at radius 2 is 1.48 bits per heavy atom. The molecule has 0 heterocycles. The molecule has 7 heteroatoms. The lowest BCUT2D eigenvalue weighted by Gasteiger charge is -2.23. The Bertz CT molecular complexity index is 523. The molecule has 0 amide bonds. The van der Waals surface area contributed by atoms with Crippen molar-refractivity contribution in [3.05, 3.63) is 35.6 Å². The highest BCUT2D eigenvalue weighted by atomic mass is 19.1. The van der Waals surface area contributed by atoms with E-state index in [1.54, 1.807) is 0 Å². The van der Waals surface area contributed by atoms with Gasteiger partial charge in [-0.1, -0.05) is 0 Å². The lowest BCUT2D eigenvalue weighted by atomic mass is 9.90. The van der Waals surface area contributed by atoms with Crippen molar-refractivity contribution in [3.63, 3.8) is 0 Å². The Balaban J connectivity index is 3.22. The smallest absolute Gasteiger partial charge is 0.346 e. The second-order valence-corrected chi connectivity index (χ2v) is 4.08. The predicted molar refractivity (Wildman–Crippen MR) is 70.9 cm³/mol. The fourth-order valence-electron chi connectivity index (χ4n) is 1.59. The van der Waals surface area contributed by atoms with Crippen LogP contribution in [0.1, 0.15) is 24.2 Å². The molecular weight excluding hydrogens is 281 g/mol. The van der Waals surface area contributed by atoms with E-state index in [1.807, 2.05) is 0 Å². The number of ether oxygens (including phenoxy) is 2. The molecule has 1 aromatic carbocycles. The molecule has 0 saturated carbocycles. The summed E-state index contributed by atoms with van der Waals surface area (Å²) in [5.74, 6) is -4.00. The zero-order valence-electron chi connectivity index (χ0n) is 11.7. The summed E-state index contributed by atoms with van der Waals surface area (Å²) in [6.45, 7) is 2.89. The van der Waals surface area contributed by atoms with Crippen LogP contribution in [0.25, 0.3) is 0 Å². The molecule has 0 bridgehead atoms. The van der Waals surface area contributed by atoms with Gasteiger partial charge in [0.2, 0.25) is 5.78 Å². The molecule has 0 aromatic heterocycles. The summed E-state index contributed by atoms with van der Waals surface area (Å²) < 4.78 is 22.2. The second-order valence-electron chi connectivity index (χ2n) is 4.08. The van der Waals surface area contributed by atoms with Crippen LogP contribution in [0.5, 0.6) is 0 Å². The molecule has 0 aliphatic rings. The zero-order valence-corrected chi connectivity index (χ0v) is 11.7. The highest BCUT2D eigenvalue weighted by Gasteiger charge is 2.52. The molecule has 0 aliphatic heterocycles. The average molecular weight is 297 g/mol. The van der Waals surface area contributed by atoms with Gasteiger partial charge in [0, 0.05) is 5.56 Å². The minimum atomic E-state index is -2.61. The van der Waals surface area contributed by atoms with E-state index in [2.05, 4.69) is 9.47 Å². The van der Waals surface area contributed by atoms with Gasteiger partial charge in [0.05, 0.1) is 13.2 Å². The summed E-state index contributed by atoms with van der Waals surface area (Å²) in [5.41, 5.74) is 2.97. The first-order valence-corrected chi connectivity index (χ1v) is 6.31. The number of hydrogen-bond donors (Lipinski definition) is 1. The van der Waals surface area contributed by atoms with Gasteiger partial charge in [-0.15, -0.1) is 0 Å². The van der Waals surface area contributed by atoms with Crippen LogP contribution in [0.2, 0.25) is 0 Å². The number of benzene rings is 1. The van der Waals surface area contributed by atoms with E-state index in [0.29, 0.717) is 0 Å². The van der Waals surface area contributed by atoms with Crippen LogP contribution < -0.4 is 5.73 Å². The minimum Gasteiger partial charge on any atom is -0.464 e. The van der Waals surface area contributed by atoms with E-state index >= 15 is 0 Å². The van der Waals surface area contributed by atoms with Gasteiger partial charge >= 0.3 is 11.9 Å². The summed E-state index contributed by atoms with van der Waals surface area (Å²) in [6, 6.07) is 4.28. The molecule has 0 aliphatic carbocycles. The van der Waals surface area contributed by atoms with Gasteiger partial charge in [-0.05, 0) is 38.1 Å². The molecule has 0 spiro atoms. The highest BCUT2D eigenvalue weighted by Crippen LogP contribution is 2.16. The van der Waals surface area contributed by atoms with E-state index < -0.39 is 29.1 Å². The van der Waals surface area contributed by atoms with E-state index in [1.165, 1.54) is 13.8 Å². The molecule has 0 fully saturated rings. The highest BCUT2D eigenvalue weighted by molar-refractivity contribution is 6.30. The molecule has 2 N–H and O–H groups in total. The third-order valence-corrected chi connectivity index (χ3v) is 2.66. The summed E-state index contributed by atoms with van der Waals surface area (Å²) in [6.07, 6.45) is 0. The standard InChI is InChI=1S/C14H16FNO5/c1-3-20-12(18)14(16,13(19)21-4-2)11(17)9-5-7-10(15)8-6-9/h5-8H,3-4,16H2,1-2H3. The number of halogens is 1. The Morgan fingerprint density at radius 3 is 1.86 bits per heavy atom. The maximum atomic E-state index is 12.9. The quantitative estimate of drug-likeness (QED) is 0.475. The van der Waals surface area contributed by atoms with Crippen LogP contribution in [-0.2, 0) is 19.1 Å².